The lowest BCUT2D eigenvalue weighted by molar-refractivity contribution is 0.0822. The number of benzene rings is 1. The first-order valence-electron chi connectivity index (χ1n) is 5.94. The zero-order valence-electron chi connectivity index (χ0n) is 10.9. The molecule has 100 valence electrons. The van der Waals surface area contributed by atoms with Gasteiger partial charge in [-0.2, -0.15) is 0 Å². The van der Waals surface area contributed by atoms with Gasteiger partial charge in [0.25, 0.3) is 5.91 Å². The summed E-state index contributed by atoms with van der Waals surface area (Å²) in [6, 6.07) is 10.0. The van der Waals surface area contributed by atoms with Gasteiger partial charge in [-0.1, -0.05) is 47.1 Å². The minimum atomic E-state index is -0.240. The number of aromatic nitrogens is 3. The highest BCUT2D eigenvalue weighted by atomic mass is 35.5. The maximum atomic E-state index is 11.8. The van der Waals surface area contributed by atoms with Crippen molar-refractivity contribution in [1.29, 1.82) is 0 Å². The number of nitrogens with zero attached hydrogens (tertiary/aromatic N) is 4. The molecule has 2 rings (SSSR count). The van der Waals surface area contributed by atoms with E-state index in [1.807, 2.05) is 30.3 Å². The summed E-state index contributed by atoms with van der Waals surface area (Å²) < 4.78 is 1.55. The van der Waals surface area contributed by atoms with E-state index in [1.165, 1.54) is 10.5 Å². The number of hydrogen-bond donors (Lipinski definition) is 0. The maximum Gasteiger partial charge on any atom is 0.277 e. The van der Waals surface area contributed by atoms with Crippen LogP contribution in [-0.4, -0.2) is 39.9 Å². The van der Waals surface area contributed by atoms with Crippen LogP contribution in [0, 0.1) is 0 Å². The van der Waals surface area contributed by atoms with Crippen molar-refractivity contribution in [2.75, 3.05) is 14.1 Å². The van der Waals surface area contributed by atoms with Crippen LogP contribution < -0.4 is 0 Å². The molecule has 0 aliphatic rings. The molecule has 0 N–H and O–H groups in total. The first kappa shape index (κ1) is 13.5. The van der Waals surface area contributed by atoms with E-state index >= 15 is 0 Å². The van der Waals surface area contributed by atoms with Crippen molar-refractivity contribution >= 4 is 17.5 Å². The van der Waals surface area contributed by atoms with Crippen molar-refractivity contribution in [2.45, 2.75) is 13.0 Å². The van der Waals surface area contributed by atoms with Crippen LogP contribution >= 0.6 is 11.6 Å². The summed E-state index contributed by atoms with van der Waals surface area (Å²) in [6.45, 7) is 0.594. The fraction of sp³-hybridized carbons (Fsp3) is 0.308. The lowest BCUT2D eigenvalue weighted by Crippen LogP contribution is -2.22. The van der Waals surface area contributed by atoms with Gasteiger partial charge in [0, 0.05) is 20.6 Å². The Hall–Kier alpha value is -1.88. The predicted molar refractivity (Wildman–Crippen MR) is 73.2 cm³/mol. The molecule has 19 heavy (non-hydrogen) atoms. The Morgan fingerprint density at radius 1 is 1.32 bits per heavy atom. The molecule has 0 fully saturated rings. The summed E-state index contributed by atoms with van der Waals surface area (Å²) in [5, 5.41) is 8.05. The monoisotopic (exact) mass is 278 g/mol. The van der Waals surface area contributed by atoms with Gasteiger partial charge in [-0.25, -0.2) is 4.68 Å². The second-order valence-electron chi connectivity index (χ2n) is 4.39. The third kappa shape index (κ3) is 3.12. The van der Waals surface area contributed by atoms with Gasteiger partial charge >= 0.3 is 0 Å². The molecule has 0 unspecified atom stereocenters. The number of hydrogen-bond acceptors (Lipinski definition) is 3. The van der Waals surface area contributed by atoms with Gasteiger partial charge < -0.3 is 4.90 Å². The molecule has 0 bridgehead atoms. The molecule has 6 heteroatoms. The molecule has 1 heterocycles. The van der Waals surface area contributed by atoms with Crippen LogP contribution in [0.2, 0.25) is 5.15 Å². The largest absolute Gasteiger partial charge is 0.343 e. The number of carbonyl (C=O) groups is 1. The van der Waals surface area contributed by atoms with E-state index in [1.54, 1.807) is 18.8 Å². The van der Waals surface area contributed by atoms with Gasteiger partial charge in [0.05, 0.1) is 0 Å². The zero-order chi connectivity index (χ0) is 13.8. The van der Waals surface area contributed by atoms with Gasteiger partial charge in [-0.3, -0.25) is 4.79 Å². The first-order valence-corrected chi connectivity index (χ1v) is 6.32. The molecule has 0 atom stereocenters. The van der Waals surface area contributed by atoms with Crippen LogP contribution in [0.5, 0.6) is 0 Å². The minimum absolute atomic E-state index is 0.194. The quantitative estimate of drug-likeness (QED) is 0.858. The van der Waals surface area contributed by atoms with Gasteiger partial charge in [0.15, 0.2) is 10.8 Å². The topological polar surface area (TPSA) is 51.0 Å². The van der Waals surface area contributed by atoms with E-state index in [4.69, 9.17) is 11.6 Å². The highest BCUT2D eigenvalue weighted by Crippen LogP contribution is 2.15. The molecule has 1 aromatic carbocycles. The molecule has 5 nitrogen and oxygen atoms in total. The van der Waals surface area contributed by atoms with Crippen LogP contribution in [0.3, 0.4) is 0 Å². The van der Waals surface area contributed by atoms with Crippen molar-refractivity contribution in [2.24, 2.45) is 0 Å². The smallest absolute Gasteiger partial charge is 0.277 e. The highest BCUT2D eigenvalue weighted by Gasteiger charge is 2.19. The highest BCUT2D eigenvalue weighted by molar-refractivity contribution is 6.32. The number of carbonyl (C=O) groups excluding carboxylic acids is 1. The predicted octanol–water partition coefficient (Wildman–Crippen LogP) is 1.88. The van der Waals surface area contributed by atoms with E-state index in [9.17, 15) is 4.79 Å². The average molecular weight is 279 g/mol. The maximum absolute atomic E-state index is 11.8. The Bertz CT molecular complexity index is 565. The molecule has 2 aromatic rings. The van der Waals surface area contributed by atoms with Crippen LogP contribution in [0.15, 0.2) is 30.3 Å². The Morgan fingerprint density at radius 3 is 2.63 bits per heavy atom. The molecule has 0 saturated heterocycles. The zero-order valence-corrected chi connectivity index (χ0v) is 11.6. The first-order chi connectivity index (χ1) is 9.09. The van der Waals surface area contributed by atoms with Gasteiger partial charge in [-0.15, -0.1) is 5.10 Å². The van der Waals surface area contributed by atoms with Gasteiger partial charge in [0.1, 0.15) is 0 Å². The van der Waals surface area contributed by atoms with Crippen LogP contribution in [0.1, 0.15) is 16.1 Å². The summed E-state index contributed by atoms with van der Waals surface area (Å²) in [6.07, 6.45) is 0.791. The number of amides is 1. The van der Waals surface area contributed by atoms with E-state index in [2.05, 4.69) is 10.3 Å². The molecule has 0 radical (unpaired) electrons. The summed E-state index contributed by atoms with van der Waals surface area (Å²) in [5.74, 6) is -0.240. The van der Waals surface area contributed by atoms with Crippen molar-refractivity contribution in [3.8, 4) is 0 Å². The average Bonchev–Trinajstić information content (AvgIpc) is 2.78. The standard InChI is InChI=1S/C13H15ClN4O/c1-17(2)13(19)11-12(14)18(16-15-11)9-8-10-6-4-3-5-7-10/h3-7H,8-9H2,1-2H3. The molecule has 0 spiro atoms. The van der Waals surface area contributed by atoms with Crippen molar-refractivity contribution < 1.29 is 4.79 Å². The van der Waals surface area contributed by atoms with Gasteiger partial charge in [-0.05, 0) is 12.0 Å². The van der Waals surface area contributed by atoms with Crippen LogP contribution in [0.25, 0.3) is 0 Å². The Balaban J connectivity index is 2.08. The van der Waals surface area contributed by atoms with Crippen LogP contribution in [-0.2, 0) is 13.0 Å². The molecule has 0 aliphatic heterocycles. The fourth-order valence-electron chi connectivity index (χ4n) is 1.67. The van der Waals surface area contributed by atoms with Crippen molar-refractivity contribution in [3.05, 3.63) is 46.7 Å². The summed E-state index contributed by atoms with van der Waals surface area (Å²) in [7, 11) is 3.31. The second-order valence-corrected chi connectivity index (χ2v) is 4.75. The Morgan fingerprint density at radius 2 is 2.00 bits per heavy atom. The molecule has 1 amide bonds. The van der Waals surface area contributed by atoms with E-state index < -0.39 is 0 Å². The Kier molecular flexibility index (Phi) is 4.16. The lowest BCUT2D eigenvalue weighted by Gasteiger charge is -2.07. The normalized spacial score (nSPS) is 10.5. The SMILES string of the molecule is CN(C)C(=O)c1nnn(CCc2ccccc2)c1Cl. The van der Waals surface area contributed by atoms with Crippen molar-refractivity contribution in [1.82, 2.24) is 19.9 Å². The molecule has 0 saturated carbocycles. The second kappa shape index (κ2) is 5.84. The van der Waals surface area contributed by atoms with Crippen molar-refractivity contribution in [3.63, 3.8) is 0 Å². The van der Waals surface area contributed by atoms with Gasteiger partial charge in [0.2, 0.25) is 0 Å². The Labute approximate surface area is 116 Å². The number of rotatable bonds is 4. The molecular weight excluding hydrogens is 264 g/mol. The van der Waals surface area contributed by atoms with E-state index in [0.29, 0.717) is 6.54 Å². The number of halogens is 1. The van der Waals surface area contributed by atoms with E-state index in [0.717, 1.165) is 6.42 Å². The number of aryl methyl sites for hydroxylation is 2. The molecule has 0 aliphatic carbocycles. The van der Waals surface area contributed by atoms with E-state index in [-0.39, 0.29) is 16.8 Å². The fourth-order valence-corrected chi connectivity index (χ4v) is 1.90. The minimum Gasteiger partial charge on any atom is -0.343 e. The summed E-state index contributed by atoms with van der Waals surface area (Å²) >= 11 is 6.12. The van der Waals surface area contributed by atoms with Crippen LogP contribution in [0.4, 0.5) is 0 Å². The molecule has 1 aromatic heterocycles. The third-order valence-electron chi connectivity index (χ3n) is 2.74. The summed E-state index contributed by atoms with van der Waals surface area (Å²) in [4.78, 5) is 13.2. The lowest BCUT2D eigenvalue weighted by atomic mass is 10.1. The molecular formula is C13H15ClN4O. The third-order valence-corrected chi connectivity index (χ3v) is 3.11. The summed E-state index contributed by atoms with van der Waals surface area (Å²) in [5.41, 5.74) is 1.38.